The average Bonchev–Trinajstić information content (AvgIpc) is 2.62. The van der Waals surface area contributed by atoms with Crippen molar-refractivity contribution >= 4 is 45.3 Å². The topological polar surface area (TPSA) is 38.5 Å². The number of pyridine rings is 1. The van der Waals surface area contributed by atoms with Crippen molar-refractivity contribution in [1.82, 2.24) is 14.1 Å². The van der Waals surface area contributed by atoms with Crippen LogP contribution in [0, 0.1) is 15.9 Å². The first kappa shape index (κ1) is 55.1. The Morgan fingerprint density at radius 3 is 1.47 bits per heavy atom. The van der Waals surface area contributed by atoms with Crippen LogP contribution in [0.2, 0.25) is 0 Å². The minimum absolute atomic E-state index is 0.0725. The minimum Gasteiger partial charge on any atom is -0.0615 e. The maximum absolute atomic E-state index is 7.12. The fraction of sp³-hybridized carbons (Fsp3) is 0.154. The van der Waals surface area contributed by atoms with Gasteiger partial charge in [-0.05, 0) is 52.3 Å². The molecule has 0 atom stereocenters. The molecule has 0 N–H and O–H groups in total. The predicted octanol–water partition coefficient (Wildman–Crippen LogP) is 21.1. The number of imidazole rings is 1. The van der Waals surface area contributed by atoms with Gasteiger partial charge in [0, 0.05) is 17.4 Å². The summed E-state index contributed by atoms with van der Waals surface area (Å²) in [5, 5.41) is 0. The summed E-state index contributed by atoms with van der Waals surface area (Å²) in [7, 11) is 0. The Kier molecular flexibility index (Phi) is 14.2. The van der Waals surface area contributed by atoms with Crippen molar-refractivity contribution in [2.45, 2.75) is 78.6 Å². The van der Waals surface area contributed by atoms with Gasteiger partial charge in [0.05, 0.1) is 5.69 Å². The molecule has 0 spiro atoms. The number of fused-ring (bicyclic) bond motifs is 7. The molecule has 12 aromatic rings. The van der Waals surface area contributed by atoms with Gasteiger partial charge < -0.3 is 4.90 Å². The third-order valence-electron chi connectivity index (χ3n) is 16.2. The van der Waals surface area contributed by atoms with Gasteiger partial charge in [-0.1, -0.05) is 102 Å². The SMILES string of the molecule is CC(C)(C)c1cccc(N2c3ccccc3-c3ccc(Oc4[c-]c(-n5[c](=[Pt])n(-c6c(-c7ccccc7)cc(C(C)(C)C)cc6-c6ccccc6)c6ccccc65)ccc4)[c-]c3N(c3cc(C(C)(C)C)ccn3)c3ccccc3-c3ccccc32)c1. The number of anilines is 6. The Morgan fingerprint density at radius 1 is 0.388 bits per heavy atom. The minimum atomic E-state index is -0.151. The summed E-state index contributed by atoms with van der Waals surface area (Å²) in [6.07, 6.45) is 1.94. The molecular formula is C78H67N5OPt-2. The molecule has 0 aliphatic carbocycles. The molecule has 13 rings (SSSR count). The third-order valence-corrected chi connectivity index (χ3v) is 17.3. The number of benzene rings is 10. The summed E-state index contributed by atoms with van der Waals surface area (Å²) in [5.74, 6) is 1.86. The summed E-state index contributed by atoms with van der Waals surface area (Å²) < 4.78 is 12.8. The number of rotatable bonds is 8. The first-order valence-electron chi connectivity index (χ1n) is 29.2. The van der Waals surface area contributed by atoms with Crippen molar-refractivity contribution < 1.29 is 24.1 Å². The van der Waals surface area contributed by atoms with Gasteiger partial charge in [0.1, 0.15) is 0 Å². The van der Waals surface area contributed by atoms with Crippen LogP contribution in [0.1, 0.15) is 79.0 Å². The van der Waals surface area contributed by atoms with Crippen molar-refractivity contribution in [3.8, 4) is 67.4 Å². The van der Waals surface area contributed by atoms with Crippen molar-refractivity contribution in [1.29, 1.82) is 0 Å². The Balaban J connectivity index is 1.01. The summed E-state index contributed by atoms with van der Waals surface area (Å²) in [4.78, 5) is 9.94. The first-order chi connectivity index (χ1) is 41.0. The van der Waals surface area contributed by atoms with Crippen LogP contribution >= 0.6 is 0 Å². The molecule has 0 unspecified atom stereocenters. The molecule has 0 saturated heterocycles. The van der Waals surface area contributed by atoms with Gasteiger partial charge in [-0.3, -0.25) is 0 Å². The molecule has 0 fully saturated rings. The standard InChI is InChI=1S/C78H67N5O.Pt/c1-76(2,3)55-30-24-32-59(46-55)82-68-37-19-16-34-62(68)63-35-18-21-39-70(63)83(74-49-56(44-45-79-74)77(4,5)6)73-51-61(42-43-65(73)64-36-17-20-38-69(64)82)84-60-33-25-31-58(50-60)80-52-81(72-41-23-22-40-71(72)80)75-66(53-26-12-10-13-27-53)47-57(78(7,8)9)48-67(75)54-28-14-11-15-29-54;/h10-49H,1-9H3;/q-2;. The van der Waals surface area contributed by atoms with E-state index in [-0.39, 0.29) is 16.2 Å². The van der Waals surface area contributed by atoms with Gasteiger partial charge in [0.15, 0.2) is 0 Å². The van der Waals surface area contributed by atoms with E-state index in [1.165, 1.54) is 16.7 Å². The van der Waals surface area contributed by atoms with E-state index < -0.39 is 0 Å². The molecule has 3 heterocycles. The monoisotopic (exact) mass is 1280 g/mol. The summed E-state index contributed by atoms with van der Waals surface area (Å²) in [6.45, 7) is 20.5. The second-order valence-corrected chi connectivity index (χ2v) is 26.1. The number of nitrogens with zero attached hydrogens (tertiary/aromatic N) is 5. The molecule has 6 nitrogen and oxygen atoms in total. The van der Waals surface area contributed by atoms with Gasteiger partial charge in [0.25, 0.3) is 0 Å². The smallest absolute Gasteiger partial charge is 0.0615 e. The van der Waals surface area contributed by atoms with Crippen molar-refractivity contribution in [3.63, 3.8) is 0 Å². The molecule has 10 aromatic carbocycles. The summed E-state index contributed by atoms with van der Waals surface area (Å²) in [6, 6.07) is 92.7. The zero-order valence-corrected chi connectivity index (χ0v) is 51.8. The van der Waals surface area contributed by atoms with E-state index in [1.54, 1.807) is 0 Å². The van der Waals surface area contributed by atoms with Crippen LogP contribution in [0.25, 0.3) is 66.9 Å². The maximum atomic E-state index is 7.12. The molecule has 0 bridgehead atoms. The van der Waals surface area contributed by atoms with Gasteiger partial charge in [-0.25, -0.2) is 0 Å². The van der Waals surface area contributed by atoms with E-state index in [0.29, 0.717) is 11.5 Å². The van der Waals surface area contributed by atoms with E-state index in [0.717, 1.165) is 105 Å². The number of para-hydroxylation sites is 5. The zero-order chi connectivity index (χ0) is 58.8. The van der Waals surface area contributed by atoms with Crippen LogP contribution in [-0.2, 0) is 35.6 Å². The van der Waals surface area contributed by atoms with Crippen LogP contribution in [0.15, 0.2) is 243 Å². The molecule has 0 saturated carbocycles. The van der Waals surface area contributed by atoms with Gasteiger partial charge in [-0.2, -0.15) is 0 Å². The number of ether oxygens (including phenoxy) is 1. The summed E-state index contributed by atoms with van der Waals surface area (Å²) >= 11 is 2.52. The Labute approximate surface area is 511 Å². The molecule has 2 aromatic heterocycles. The molecule has 1 aliphatic rings. The molecule has 85 heavy (non-hydrogen) atoms. The molecule has 0 radical (unpaired) electrons. The molecule has 422 valence electrons. The van der Waals surface area contributed by atoms with E-state index in [2.05, 4.69) is 337 Å². The number of aromatic nitrogens is 3. The van der Waals surface area contributed by atoms with Crippen molar-refractivity contribution in [2.75, 3.05) is 9.80 Å². The van der Waals surface area contributed by atoms with Gasteiger partial charge in [0.2, 0.25) is 0 Å². The zero-order valence-electron chi connectivity index (χ0n) is 49.6. The quantitative estimate of drug-likeness (QED) is 0.142. The fourth-order valence-electron chi connectivity index (χ4n) is 11.8. The van der Waals surface area contributed by atoms with Gasteiger partial charge >= 0.3 is 332 Å². The van der Waals surface area contributed by atoms with Crippen LogP contribution in [0.5, 0.6) is 11.5 Å². The molecule has 0 amide bonds. The third kappa shape index (κ3) is 10.4. The van der Waals surface area contributed by atoms with E-state index >= 15 is 0 Å². The van der Waals surface area contributed by atoms with Crippen LogP contribution in [0.4, 0.5) is 34.3 Å². The number of hydrogen-bond donors (Lipinski definition) is 0. The van der Waals surface area contributed by atoms with E-state index in [9.17, 15) is 0 Å². The van der Waals surface area contributed by atoms with Gasteiger partial charge in [-0.15, -0.1) is 0 Å². The first-order valence-corrected chi connectivity index (χ1v) is 30.3. The number of hydrogen-bond acceptors (Lipinski definition) is 4. The van der Waals surface area contributed by atoms with Crippen LogP contribution in [0.3, 0.4) is 0 Å². The van der Waals surface area contributed by atoms with Crippen LogP contribution in [-0.4, -0.2) is 14.1 Å². The van der Waals surface area contributed by atoms with E-state index in [4.69, 9.17) is 9.72 Å². The van der Waals surface area contributed by atoms with Crippen LogP contribution < -0.4 is 14.5 Å². The second kappa shape index (κ2) is 21.8. The fourth-order valence-corrected chi connectivity index (χ4v) is 12.8. The second-order valence-electron chi connectivity index (χ2n) is 25.1. The Bertz CT molecular complexity index is 4490. The molecule has 7 heteroatoms. The molecule has 1 aliphatic heterocycles. The Hall–Kier alpha value is -9.09. The van der Waals surface area contributed by atoms with E-state index in [1.807, 2.05) is 18.3 Å². The summed E-state index contributed by atoms with van der Waals surface area (Å²) in [5.41, 5.74) is 21.1. The Morgan fingerprint density at radius 2 is 0.882 bits per heavy atom. The normalized spacial score (nSPS) is 12.6. The average molecular weight is 1290 g/mol. The van der Waals surface area contributed by atoms with Crippen molar-refractivity contribution in [3.05, 3.63) is 275 Å². The predicted molar refractivity (Wildman–Crippen MR) is 349 cm³/mol. The van der Waals surface area contributed by atoms with Crippen molar-refractivity contribution in [2.24, 2.45) is 0 Å². The molecular weight excluding hydrogens is 1220 g/mol.